The maximum atomic E-state index is 12.6. The molecule has 1 aromatic carbocycles. The third-order valence-corrected chi connectivity index (χ3v) is 5.53. The average Bonchev–Trinajstić information content (AvgIpc) is 2.69. The van der Waals surface area contributed by atoms with E-state index in [1.54, 1.807) is 7.11 Å². The molecule has 2 fully saturated rings. The number of nitrogens with zero attached hydrogens (tertiary/aromatic N) is 3. The van der Waals surface area contributed by atoms with Crippen molar-refractivity contribution in [3.05, 3.63) is 29.8 Å². The molecule has 0 spiro atoms. The lowest BCUT2D eigenvalue weighted by atomic mass is 10.0. The van der Waals surface area contributed by atoms with Crippen molar-refractivity contribution in [3.63, 3.8) is 0 Å². The minimum Gasteiger partial charge on any atom is -0.497 e. The fourth-order valence-electron chi connectivity index (χ4n) is 3.88. The Kier molecular flexibility index (Phi) is 6.68. The molecule has 0 saturated carbocycles. The second kappa shape index (κ2) is 9.19. The van der Waals surface area contributed by atoms with E-state index in [4.69, 9.17) is 4.74 Å². The number of rotatable bonds is 6. The van der Waals surface area contributed by atoms with Gasteiger partial charge in [0.05, 0.1) is 13.7 Å². The van der Waals surface area contributed by atoms with Crippen LogP contribution in [-0.4, -0.2) is 84.1 Å². The maximum Gasteiger partial charge on any atom is 0.320 e. The topological polar surface area (TPSA) is 73.3 Å². The van der Waals surface area contributed by atoms with Crippen LogP contribution in [0.5, 0.6) is 5.75 Å². The van der Waals surface area contributed by atoms with E-state index in [0.717, 1.165) is 38.2 Å². The number of carbonyl (C=O) groups is 2. The van der Waals surface area contributed by atoms with E-state index < -0.39 is 12.0 Å². The van der Waals surface area contributed by atoms with Gasteiger partial charge in [0.15, 0.2) is 0 Å². The molecular formula is C20H29N3O4. The zero-order chi connectivity index (χ0) is 19.2. The Labute approximate surface area is 160 Å². The third-order valence-electron chi connectivity index (χ3n) is 5.53. The predicted octanol–water partition coefficient (Wildman–Crippen LogP) is 1.28. The lowest BCUT2D eigenvalue weighted by Crippen LogP contribution is -2.53. The Morgan fingerprint density at radius 2 is 1.78 bits per heavy atom. The van der Waals surface area contributed by atoms with Crippen molar-refractivity contribution < 1.29 is 19.4 Å². The first kappa shape index (κ1) is 19.6. The number of benzene rings is 1. The van der Waals surface area contributed by atoms with Crippen LogP contribution in [0.3, 0.4) is 0 Å². The molecule has 1 N–H and O–H groups in total. The van der Waals surface area contributed by atoms with Crippen LogP contribution in [0.15, 0.2) is 24.3 Å². The summed E-state index contributed by atoms with van der Waals surface area (Å²) in [6.45, 7) is 4.83. The summed E-state index contributed by atoms with van der Waals surface area (Å²) in [5.41, 5.74) is 1.23. The number of amides is 1. The fourth-order valence-corrected chi connectivity index (χ4v) is 3.88. The van der Waals surface area contributed by atoms with E-state index in [1.807, 2.05) is 21.9 Å². The molecule has 7 heteroatoms. The predicted molar refractivity (Wildman–Crippen MR) is 102 cm³/mol. The summed E-state index contributed by atoms with van der Waals surface area (Å²) in [5.74, 6) is 0.0885. The van der Waals surface area contributed by atoms with Crippen LogP contribution in [-0.2, 0) is 16.1 Å². The summed E-state index contributed by atoms with van der Waals surface area (Å²) in [7, 11) is 1.66. The molecule has 2 saturated heterocycles. The monoisotopic (exact) mass is 375 g/mol. The molecule has 2 heterocycles. The minimum absolute atomic E-state index is 0.0484. The Bertz CT molecular complexity index is 641. The highest BCUT2D eigenvalue weighted by molar-refractivity contribution is 5.80. The van der Waals surface area contributed by atoms with E-state index in [9.17, 15) is 14.7 Å². The number of piperazine rings is 1. The molecule has 2 aliphatic rings. The van der Waals surface area contributed by atoms with Crippen molar-refractivity contribution in [1.82, 2.24) is 14.7 Å². The summed E-state index contributed by atoms with van der Waals surface area (Å²) in [5, 5.41) is 9.36. The highest BCUT2D eigenvalue weighted by atomic mass is 16.5. The van der Waals surface area contributed by atoms with E-state index in [1.165, 1.54) is 5.56 Å². The largest absolute Gasteiger partial charge is 0.497 e. The maximum absolute atomic E-state index is 12.6. The average molecular weight is 375 g/mol. The van der Waals surface area contributed by atoms with Crippen molar-refractivity contribution in [2.45, 2.75) is 31.8 Å². The van der Waals surface area contributed by atoms with Crippen molar-refractivity contribution in [2.75, 3.05) is 46.4 Å². The molecule has 1 unspecified atom stereocenters. The molecule has 148 valence electrons. The second-order valence-corrected chi connectivity index (χ2v) is 7.33. The number of methoxy groups -OCH3 is 1. The number of carboxylic acids is 1. The molecule has 0 aliphatic carbocycles. The zero-order valence-electron chi connectivity index (χ0n) is 16.0. The van der Waals surface area contributed by atoms with Gasteiger partial charge in [0.1, 0.15) is 11.8 Å². The van der Waals surface area contributed by atoms with Crippen LogP contribution in [0.2, 0.25) is 0 Å². The van der Waals surface area contributed by atoms with Crippen LogP contribution in [0, 0.1) is 0 Å². The second-order valence-electron chi connectivity index (χ2n) is 7.33. The molecule has 3 rings (SSSR count). The number of piperidine rings is 1. The first-order chi connectivity index (χ1) is 13.1. The van der Waals surface area contributed by atoms with Crippen LogP contribution in [0.25, 0.3) is 0 Å². The number of hydrogen-bond donors (Lipinski definition) is 1. The van der Waals surface area contributed by atoms with Crippen molar-refractivity contribution in [1.29, 1.82) is 0 Å². The lowest BCUT2D eigenvalue weighted by Gasteiger charge is -2.37. The Morgan fingerprint density at radius 3 is 2.41 bits per heavy atom. The molecule has 1 aromatic rings. The van der Waals surface area contributed by atoms with Crippen LogP contribution >= 0.6 is 0 Å². The number of likely N-dealkylation sites (tertiary alicyclic amines) is 1. The standard InChI is InChI=1S/C20H29N3O4/c1-27-17-7-5-16(6-8-17)14-21-10-12-22(13-11-21)19(24)15-23-9-3-2-4-18(23)20(25)26/h5-8,18H,2-4,9-15H2,1H3,(H,25,26). The van der Waals surface area contributed by atoms with E-state index in [-0.39, 0.29) is 12.5 Å². The highest BCUT2D eigenvalue weighted by Crippen LogP contribution is 2.18. The van der Waals surface area contributed by atoms with Gasteiger partial charge in [0.2, 0.25) is 5.91 Å². The molecular weight excluding hydrogens is 346 g/mol. The van der Waals surface area contributed by atoms with Gasteiger partial charge in [-0.05, 0) is 37.1 Å². The molecule has 0 bridgehead atoms. The zero-order valence-corrected chi connectivity index (χ0v) is 16.0. The van der Waals surface area contributed by atoms with Gasteiger partial charge in [0, 0.05) is 32.7 Å². The Hall–Kier alpha value is -2.12. The van der Waals surface area contributed by atoms with E-state index >= 15 is 0 Å². The van der Waals surface area contributed by atoms with Crippen molar-refractivity contribution in [2.24, 2.45) is 0 Å². The van der Waals surface area contributed by atoms with Crippen molar-refractivity contribution >= 4 is 11.9 Å². The number of ether oxygens (including phenoxy) is 1. The molecule has 27 heavy (non-hydrogen) atoms. The summed E-state index contributed by atoms with van der Waals surface area (Å²) in [4.78, 5) is 30.1. The van der Waals surface area contributed by atoms with Gasteiger partial charge < -0.3 is 14.7 Å². The number of hydrogen-bond acceptors (Lipinski definition) is 5. The van der Waals surface area contributed by atoms with Gasteiger partial charge in [-0.25, -0.2) is 0 Å². The fraction of sp³-hybridized carbons (Fsp3) is 0.600. The molecule has 0 radical (unpaired) electrons. The van der Waals surface area contributed by atoms with Crippen LogP contribution in [0.1, 0.15) is 24.8 Å². The normalized spacial score (nSPS) is 21.8. The number of carboxylic acid groups (broad SMARTS) is 1. The summed E-state index contributed by atoms with van der Waals surface area (Å²) in [6.07, 6.45) is 2.52. The van der Waals surface area contributed by atoms with Gasteiger partial charge in [-0.1, -0.05) is 18.6 Å². The van der Waals surface area contributed by atoms with Crippen LogP contribution < -0.4 is 4.74 Å². The van der Waals surface area contributed by atoms with Gasteiger partial charge in [0.25, 0.3) is 0 Å². The molecule has 1 amide bonds. The van der Waals surface area contributed by atoms with E-state index in [2.05, 4.69) is 17.0 Å². The van der Waals surface area contributed by atoms with Gasteiger partial charge in [-0.2, -0.15) is 0 Å². The molecule has 1 atom stereocenters. The quantitative estimate of drug-likeness (QED) is 0.808. The number of aliphatic carboxylic acids is 1. The lowest BCUT2D eigenvalue weighted by molar-refractivity contribution is -0.146. The third kappa shape index (κ3) is 5.20. The molecule has 0 aromatic heterocycles. The van der Waals surface area contributed by atoms with Gasteiger partial charge in [-0.3, -0.25) is 19.4 Å². The van der Waals surface area contributed by atoms with E-state index in [0.29, 0.717) is 26.1 Å². The number of carbonyl (C=O) groups excluding carboxylic acids is 1. The molecule has 7 nitrogen and oxygen atoms in total. The SMILES string of the molecule is COc1ccc(CN2CCN(C(=O)CN3CCCCC3C(=O)O)CC2)cc1. The van der Waals surface area contributed by atoms with Gasteiger partial charge in [-0.15, -0.1) is 0 Å². The summed E-state index contributed by atoms with van der Waals surface area (Å²) in [6, 6.07) is 7.55. The molecule has 2 aliphatic heterocycles. The Balaban J connectivity index is 1.46. The summed E-state index contributed by atoms with van der Waals surface area (Å²) < 4.78 is 5.19. The smallest absolute Gasteiger partial charge is 0.320 e. The Morgan fingerprint density at radius 1 is 1.07 bits per heavy atom. The first-order valence-electron chi connectivity index (χ1n) is 9.67. The summed E-state index contributed by atoms with van der Waals surface area (Å²) >= 11 is 0. The first-order valence-corrected chi connectivity index (χ1v) is 9.67. The van der Waals surface area contributed by atoms with Gasteiger partial charge >= 0.3 is 5.97 Å². The van der Waals surface area contributed by atoms with Crippen LogP contribution in [0.4, 0.5) is 0 Å². The van der Waals surface area contributed by atoms with Crippen molar-refractivity contribution in [3.8, 4) is 5.75 Å². The minimum atomic E-state index is -0.813. The highest BCUT2D eigenvalue weighted by Gasteiger charge is 2.31.